The van der Waals surface area contributed by atoms with Gasteiger partial charge in [-0.2, -0.15) is 0 Å². The van der Waals surface area contributed by atoms with Crippen LogP contribution in [0.3, 0.4) is 0 Å². The van der Waals surface area contributed by atoms with Gasteiger partial charge >= 0.3 is 0 Å². The molecule has 11 nitrogen and oxygen atoms in total. The molecule has 2 fully saturated rings. The molecule has 0 unspecified atom stereocenters. The molecule has 2 aliphatic carbocycles. The highest BCUT2D eigenvalue weighted by atomic mass is 127. The molecule has 0 spiro atoms. The lowest BCUT2D eigenvalue weighted by atomic mass is 9.81. The third-order valence-electron chi connectivity index (χ3n) is 10.4. The Balaban J connectivity index is 0.000000157. The summed E-state index contributed by atoms with van der Waals surface area (Å²) in [5.41, 5.74) is 9.55. The SMILES string of the molecule is CSc1nc(C)c(-c2nc3c(C)nccc3s2)c(CC2(CO)CCCC2)n1.CSc1nc(C)c(I)c(NC2(CO)CCCC2)n1.Cc1nccc2scnc12. The predicted molar refractivity (Wildman–Crippen MR) is 237 cm³/mol. The van der Waals surface area contributed by atoms with Crippen LogP contribution in [0, 0.1) is 36.7 Å². The highest BCUT2D eigenvalue weighted by Crippen LogP contribution is 2.43. The molecule has 292 valence electrons. The Labute approximate surface area is 353 Å². The molecule has 6 aromatic rings. The molecule has 0 amide bonds. The van der Waals surface area contributed by atoms with E-state index in [9.17, 15) is 10.2 Å². The van der Waals surface area contributed by atoms with E-state index in [0.29, 0.717) is 0 Å². The van der Waals surface area contributed by atoms with Crippen LogP contribution in [0.15, 0.2) is 40.3 Å². The second-order valence-electron chi connectivity index (χ2n) is 14.2. The number of pyridine rings is 2. The molecule has 0 aromatic carbocycles. The van der Waals surface area contributed by atoms with E-state index in [1.165, 1.54) is 30.4 Å². The van der Waals surface area contributed by atoms with Crippen molar-refractivity contribution in [2.75, 3.05) is 31.0 Å². The van der Waals surface area contributed by atoms with Crippen molar-refractivity contribution < 1.29 is 10.2 Å². The summed E-state index contributed by atoms with van der Waals surface area (Å²) in [6, 6.07) is 4.00. The Morgan fingerprint density at radius 2 is 1.35 bits per heavy atom. The van der Waals surface area contributed by atoms with Gasteiger partial charge in [0.15, 0.2) is 10.3 Å². The molecule has 0 atom stereocenters. The lowest BCUT2D eigenvalue weighted by Gasteiger charge is -2.29. The van der Waals surface area contributed by atoms with Gasteiger partial charge in [-0.25, -0.2) is 29.9 Å². The number of nitrogens with zero attached hydrogens (tertiary/aromatic N) is 8. The number of rotatable bonds is 9. The van der Waals surface area contributed by atoms with Gasteiger partial charge in [0.2, 0.25) is 0 Å². The Kier molecular flexibility index (Phi) is 14.3. The number of aryl methyl sites for hydroxylation is 4. The van der Waals surface area contributed by atoms with Crippen molar-refractivity contribution in [1.29, 1.82) is 0 Å². The fraction of sp³-hybridized carbons (Fsp3) is 0.487. The number of aliphatic hydroxyl groups excluding tert-OH is 2. The smallest absolute Gasteiger partial charge is 0.189 e. The maximum absolute atomic E-state index is 10.1. The van der Waals surface area contributed by atoms with E-state index in [0.717, 1.165) is 107 Å². The van der Waals surface area contributed by atoms with Crippen LogP contribution in [0.4, 0.5) is 5.82 Å². The topological polar surface area (TPSA) is 156 Å². The molecule has 6 heterocycles. The first kappa shape index (κ1) is 42.0. The maximum Gasteiger partial charge on any atom is 0.189 e. The molecule has 0 aliphatic heterocycles. The van der Waals surface area contributed by atoms with Gasteiger partial charge in [0.1, 0.15) is 21.9 Å². The normalized spacial score (nSPS) is 15.8. The number of aliphatic hydroxyl groups is 2. The second kappa shape index (κ2) is 18.8. The Bertz CT molecular complexity index is 2240. The van der Waals surface area contributed by atoms with Crippen LogP contribution in [-0.4, -0.2) is 81.3 Å². The third-order valence-corrected chi connectivity index (χ3v) is 14.6. The average molecular weight is 930 g/mol. The molecular weight excluding hydrogens is 882 g/mol. The molecule has 2 aliphatic rings. The van der Waals surface area contributed by atoms with Crippen LogP contribution in [0.1, 0.15) is 79.8 Å². The molecule has 0 radical (unpaired) electrons. The molecule has 8 rings (SSSR count). The van der Waals surface area contributed by atoms with Gasteiger partial charge in [0.25, 0.3) is 0 Å². The van der Waals surface area contributed by atoms with Crippen molar-refractivity contribution in [3.05, 3.63) is 62.1 Å². The number of thiazole rings is 2. The highest BCUT2D eigenvalue weighted by molar-refractivity contribution is 14.1. The first-order chi connectivity index (χ1) is 26.5. The lowest BCUT2D eigenvalue weighted by molar-refractivity contribution is 0.129. The number of anilines is 1. The number of fused-ring (bicyclic) bond motifs is 2. The summed E-state index contributed by atoms with van der Waals surface area (Å²) in [7, 11) is 0. The first-order valence-corrected chi connectivity index (χ1v) is 23.6. The summed E-state index contributed by atoms with van der Waals surface area (Å²) in [4.78, 5) is 36.1. The predicted octanol–water partition coefficient (Wildman–Crippen LogP) is 9.41. The van der Waals surface area contributed by atoms with Gasteiger partial charge in [-0.1, -0.05) is 49.2 Å². The standard InChI is InChI=1S/C20H24N4OS2.C12H18IN3OS.C7H6N2S/c1-12-16(18-24-17-13(2)21-9-6-15(17)27-18)14(23-19(22-12)26-3)10-20(11-25)7-4-5-8-20;1-8-9(13)10(15-11(14-8)18-2)16-12(7-17)5-3-4-6-12;1-5-7-6(2-3-8-5)10-4-9-7/h6,9,25H,4-5,7-8,10-11H2,1-3H3;17H,3-7H2,1-2H3,(H,14,15,16);2-4H,1H3. The molecular formula is C39H48IN9O2S4. The van der Waals surface area contributed by atoms with Crippen molar-refractivity contribution in [3.63, 3.8) is 0 Å². The zero-order valence-corrected chi connectivity index (χ0v) is 37.6. The minimum absolute atomic E-state index is 0.0562. The number of nitrogens with one attached hydrogen (secondary N) is 1. The van der Waals surface area contributed by atoms with Gasteiger partial charge in [-0.05, 0) is 112 Å². The van der Waals surface area contributed by atoms with Crippen molar-refractivity contribution in [2.45, 2.75) is 101 Å². The van der Waals surface area contributed by atoms with E-state index in [2.05, 4.69) is 57.8 Å². The lowest BCUT2D eigenvalue weighted by Crippen LogP contribution is -2.39. The largest absolute Gasteiger partial charge is 0.396 e. The van der Waals surface area contributed by atoms with Gasteiger partial charge in [0.05, 0.1) is 64.7 Å². The van der Waals surface area contributed by atoms with Gasteiger partial charge in [-0.3, -0.25) is 9.97 Å². The quantitative estimate of drug-likeness (QED) is 0.0717. The zero-order valence-electron chi connectivity index (χ0n) is 32.1. The molecule has 6 aromatic heterocycles. The first-order valence-electron chi connectivity index (χ1n) is 18.4. The summed E-state index contributed by atoms with van der Waals surface area (Å²) in [5.74, 6) is 0.864. The Hall–Kier alpha value is -2.61. The summed E-state index contributed by atoms with van der Waals surface area (Å²) in [6.07, 6.45) is 17.3. The van der Waals surface area contributed by atoms with Gasteiger partial charge in [-0.15, -0.1) is 22.7 Å². The van der Waals surface area contributed by atoms with Crippen LogP contribution in [0.25, 0.3) is 31.0 Å². The fourth-order valence-electron chi connectivity index (χ4n) is 7.32. The third kappa shape index (κ3) is 9.75. The minimum atomic E-state index is -0.184. The fourth-order valence-corrected chi connectivity index (χ4v) is 10.4. The van der Waals surface area contributed by atoms with Gasteiger partial charge < -0.3 is 15.5 Å². The van der Waals surface area contributed by atoms with E-state index in [1.807, 2.05) is 70.2 Å². The van der Waals surface area contributed by atoms with E-state index >= 15 is 0 Å². The average Bonchev–Trinajstić information content (AvgIpc) is 4.02. The number of hydrogen-bond acceptors (Lipinski definition) is 15. The van der Waals surface area contributed by atoms with Crippen molar-refractivity contribution in [1.82, 2.24) is 39.9 Å². The maximum atomic E-state index is 10.1. The summed E-state index contributed by atoms with van der Waals surface area (Å²) in [6.45, 7) is 8.38. The Morgan fingerprint density at radius 1 is 0.727 bits per heavy atom. The second-order valence-corrected chi connectivity index (χ2v) is 18.8. The molecule has 3 N–H and O–H groups in total. The molecule has 16 heteroatoms. The Morgan fingerprint density at radius 3 is 1.96 bits per heavy atom. The van der Waals surface area contributed by atoms with Crippen molar-refractivity contribution in [3.8, 4) is 10.6 Å². The molecule has 0 bridgehead atoms. The zero-order chi connectivity index (χ0) is 39.2. The van der Waals surface area contributed by atoms with Crippen LogP contribution in [0.5, 0.6) is 0 Å². The summed E-state index contributed by atoms with van der Waals surface area (Å²) >= 11 is 8.69. The van der Waals surface area contributed by atoms with Crippen molar-refractivity contribution in [2.24, 2.45) is 5.41 Å². The molecule has 2 saturated carbocycles. The minimum Gasteiger partial charge on any atom is -0.396 e. The van der Waals surface area contributed by atoms with E-state index in [-0.39, 0.29) is 24.2 Å². The van der Waals surface area contributed by atoms with Crippen LogP contribution in [-0.2, 0) is 6.42 Å². The molecule has 0 saturated heterocycles. The number of halogens is 1. The highest BCUT2D eigenvalue weighted by Gasteiger charge is 2.36. The van der Waals surface area contributed by atoms with Crippen LogP contribution < -0.4 is 5.32 Å². The number of aromatic nitrogens is 8. The van der Waals surface area contributed by atoms with E-state index in [4.69, 9.17) is 9.97 Å². The summed E-state index contributed by atoms with van der Waals surface area (Å²) in [5, 5.41) is 25.8. The van der Waals surface area contributed by atoms with Gasteiger partial charge in [0, 0.05) is 19.0 Å². The molecule has 55 heavy (non-hydrogen) atoms. The van der Waals surface area contributed by atoms with Crippen molar-refractivity contribution >= 4 is 95.0 Å². The monoisotopic (exact) mass is 929 g/mol. The number of thioether (sulfide) groups is 2. The summed E-state index contributed by atoms with van der Waals surface area (Å²) < 4.78 is 3.40. The van der Waals surface area contributed by atoms with Crippen LogP contribution >= 0.6 is 68.8 Å². The van der Waals surface area contributed by atoms with Crippen LogP contribution in [0.2, 0.25) is 0 Å². The van der Waals surface area contributed by atoms with E-state index in [1.54, 1.807) is 46.2 Å². The van der Waals surface area contributed by atoms with E-state index < -0.39 is 0 Å². The number of hydrogen-bond donors (Lipinski definition) is 3.